The summed E-state index contributed by atoms with van der Waals surface area (Å²) in [5.74, 6) is 2.50. The minimum absolute atomic E-state index is 0.484. The molecule has 0 bridgehead atoms. The van der Waals surface area contributed by atoms with Crippen molar-refractivity contribution in [3.05, 3.63) is 47.5 Å². The first kappa shape index (κ1) is 18.9. The van der Waals surface area contributed by atoms with Crippen LogP contribution in [0, 0.1) is 6.92 Å². The molecule has 0 saturated heterocycles. The van der Waals surface area contributed by atoms with Gasteiger partial charge in [-0.3, -0.25) is 0 Å². The SMILES string of the molecule is COCCNC(=NCc1nnc(C)n1C)NCCCc1ccccc1. The van der Waals surface area contributed by atoms with E-state index in [4.69, 9.17) is 4.74 Å². The van der Waals surface area contributed by atoms with Gasteiger partial charge < -0.3 is 19.9 Å². The van der Waals surface area contributed by atoms with Crippen LogP contribution < -0.4 is 10.6 Å². The van der Waals surface area contributed by atoms with Gasteiger partial charge in [-0.1, -0.05) is 30.3 Å². The molecule has 2 aromatic rings. The molecule has 0 saturated carbocycles. The van der Waals surface area contributed by atoms with Gasteiger partial charge in [-0.2, -0.15) is 0 Å². The largest absolute Gasteiger partial charge is 0.383 e. The lowest BCUT2D eigenvalue weighted by molar-refractivity contribution is 0.203. The molecule has 7 nitrogen and oxygen atoms in total. The first-order chi connectivity index (χ1) is 12.2. The Labute approximate surface area is 149 Å². The van der Waals surface area contributed by atoms with Crippen molar-refractivity contribution in [2.75, 3.05) is 26.8 Å². The highest BCUT2D eigenvalue weighted by Gasteiger charge is 2.05. The van der Waals surface area contributed by atoms with E-state index in [1.54, 1.807) is 7.11 Å². The molecule has 0 atom stereocenters. The summed E-state index contributed by atoms with van der Waals surface area (Å²) in [6.07, 6.45) is 2.08. The Morgan fingerprint density at radius 1 is 1.16 bits per heavy atom. The molecule has 0 unspecified atom stereocenters. The molecule has 1 aromatic carbocycles. The minimum atomic E-state index is 0.484. The molecule has 1 heterocycles. The standard InChI is InChI=1S/C18H28N6O/c1-15-22-23-17(24(15)2)14-21-18(20-12-13-25-3)19-11-7-10-16-8-5-4-6-9-16/h4-6,8-9H,7,10-14H2,1-3H3,(H2,19,20,21). The molecule has 0 amide bonds. The molecule has 2 rings (SSSR count). The molecule has 0 spiro atoms. The minimum Gasteiger partial charge on any atom is -0.383 e. The van der Waals surface area contributed by atoms with Crippen LogP contribution >= 0.6 is 0 Å². The maximum absolute atomic E-state index is 5.09. The van der Waals surface area contributed by atoms with Crippen LogP contribution in [0.25, 0.3) is 0 Å². The number of ether oxygens (including phenoxy) is 1. The van der Waals surface area contributed by atoms with Crippen LogP contribution in [0.15, 0.2) is 35.3 Å². The van der Waals surface area contributed by atoms with Crippen LogP contribution in [0.2, 0.25) is 0 Å². The highest BCUT2D eigenvalue weighted by molar-refractivity contribution is 5.79. The van der Waals surface area contributed by atoms with E-state index in [2.05, 4.69) is 50.1 Å². The Balaban J connectivity index is 1.83. The van der Waals surface area contributed by atoms with Gasteiger partial charge in [0, 0.05) is 27.2 Å². The van der Waals surface area contributed by atoms with Crippen LogP contribution in [0.5, 0.6) is 0 Å². The van der Waals surface area contributed by atoms with E-state index < -0.39 is 0 Å². The van der Waals surface area contributed by atoms with Gasteiger partial charge in [0.2, 0.25) is 0 Å². The quantitative estimate of drug-likeness (QED) is 0.409. The number of benzene rings is 1. The van der Waals surface area contributed by atoms with Crippen molar-refractivity contribution in [2.24, 2.45) is 12.0 Å². The predicted octanol–water partition coefficient (Wildman–Crippen LogP) is 1.44. The van der Waals surface area contributed by atoms with E-state index in [0.717, 1.165) is 37.0 Å². The number of hydrogen-bond acceptors (Lipinski definition) is 4. The first-order valence-electron chi connectivity index (χ1n) is 8.60. The Hall–Kier alpha value is -2.41. The van der Waals surface area contributed by atoms with Crippen molar-refractivity contribution in [3.8, 4) is 0 Å². The number of guanidine groups is 1. The predicted molar refractivity (Wildman–Crippen MR) is 99.5 cm³/mol. The molecular weight excluding hydrogens is 316 g/mol. The zero-order valence-corrected chi connectivity index (χ0v) is 15.3. The topological polar surface area (TPSA) is 76.4 Å². The zero-order valence-electron chi connectivity index (χ0n) is 15.3. The van der Waals surface area contributed by atoms with Crippen LogP contribution in [-0.4, -0.2) is 47.5 Å². The Kier molecular flexibility index (Phi) is 7.91. The van der Waals surface area contributed by atoms with Crippen molar-refractivity contribution in [1.29, 1.82) is 0 Å². The summed E-state index contributed by atoms with van der Waals surface area (Å²) < 4.78 is 7.04. The summed E-state index contributed by atoms with van der Waals surface area (Å²) in [6, 6.07) is 10.5. The first-order valence-corrected chi connectivity index (χ1v) is 8.60. The van der Waals surface area contributed by atoms with Crippen LogP contribution in [-0.2, 0) is 24.8 Å². The molecule has 0 aliphatic rings. The summed E-state index contributed by atoms with van der Waals surface area (Å²) in [5.41, 5.74) is 1.35. The molecule has 2 N–H and O–H groups in total. The molecule has 0 radical (unpaired) electrons. The average Bonchev–Trinajstić information content (AvgIpc) is 2.95. The summed E-state index contributed by atoms with van der Waals surface area (Å²) >= 11 is 0. The van der Waals surface area contributed by atoms with Gasteiger partial charge in [0.1, 0.15) is 12.4 Å². The molecule has 0 aliphatic heterocycles. The third-order valence-corrected chi connectivity index (χ3v) is 3.94. The number of hydrogen-bond donors (Lipinski definition) is 2. The van der Waals surface area contributed by atoms with E-state index >= 15 is 0 Å². The third-order valence-electron chi connectivity index (χ3n) is 3.94. The summed E-state index contributed by atoms with van der Waals surface area (Å²) in [4.78, 5) is 4.60. The second-order valence-electron chi connectivity index (χ2n) is 5.82. The van der Waals surface area contributed by atoms with E-state index in [1.165, 1.54) is 5.56 Å². The highest BCUT2D eigenvalue weighted by Crippen LogP contribution is 2.02. The van der Waals surface area contributed by atoms with Gasteiger partial charge in [0.15, 0.2) is 11.8 Å². The lowest BCUT2D eigenvalue weighted by Gasteiger charge is -2.12. The van der Waals surface area contributed by atoms with Gasteiger partial charge in [-0.25, -0.2) is 4.99 Å². The molecule has 1 aromatic heterocycles. The maximum Gasteiger partial charge on any atom is 0.191 e. The van der Waals surface area contributed by atoms with Crippen molar-refractivity contribution < 1.29 is 4.74 Å². The number of rotatable bonds is 9. The monoisotopic (exact) mass is 344 g/mol. The van der Waals surface area contributed by atoms with Gasteiger partial charge in [0.05, 0.1) is 6.61 Å². The second-order valence-corrected chi connectivity index (χ2v) is 5.82. The number of nitrogens with zero attached hydrogens (tertiary/aromatic N) is 4. The normalized spacial score (nSPS) is 11.6. The van der Waals surface area contributed by atoms with Gasteiger partial charge in [0.25, 0.3) is 0 Å². The molecule has 0 aliphatic carbocycles. The van der Waals surface area contributed by atoms with Crippen LogP contribution in [0.3, 0.4) is 0 Å². The molecule has 136 valence electrons. The summed E-state index contributed by atoms with van der Waals surface area (Å²) in [6.45, 7) is 4.61. The van der Waals surface area contributed by atoms with Gasteiger partial charge in [-0.05, 0) is 25.3 Å². The van der Waals surface area contributed by atoms with Crippen molar-refractivity contribution in [1.82, 2.24) is 25.4 Å². The smallest absolute Gasteiger partial charge is 0.191 e. The Morgan fingerprint density at radius 2 is 1.92 bits per heavy atom. The number of aliphatic imine (C=N–C) groups is 1. The molecule has 25 heavy (non-hydrogen) atoms. The van der Waals surface area contributed by atoms with Crippen molar-refractivity contribution >= 4 is 5.96 Å². The van der Waals surface area contributed by atoms with Crippen LogP contribution in [0.1, 0.15) is 23.6 Å². The summed E-state index contributed by atoms with van der Waals surface area (Å²) in [7, 11) is 3.64. The number of nitrogens with one attached hydrogen (secondary N) is 2. The van der Waals surface area contributed by atoms with Crippen LogP contribution in [0.4, 0.5) is 0 Å². The number of methoxy groups -OCH3 is 1. The molecule has 0 fully saturated rings. The molecular formula is C18H28N6O. The van der Waals surface area contributed by atoms with Gasteiger partial charge in [-0.15, -0.1) is 10.2 Å². The van der Waals surface area contributed by atoms with Crippen molar-refractivity contribution in [2.45, 2.75) is 26.3 Å². The fraction of sp³-hybridized carbons (Fsp3) is 0.500. The van der Waals surface area contributed by atoms with E-state index in [9.17, 15) is 0 Å². The fourth-order valence-electron chi connectivity index (χ4n) is 2.33. The van der Waals surface area contributed by atoms with Gasteiger partial charge >= 0.3 is 0 Å². The van der Waals surface area contributed by atoms with E-state index in [0.29, 0.717) is 19.7 Å². The van der Waals surface area contributed by atoms with E-state index in [1.807, 2.05) is 24.6 Å². The number of aryl methyl sites for hydroxylation is 2. The fourth-order valence-corrected chi connectivity index (χ4v) is 2.33. The lowest BCUT2D eigenvalue weighted by atomic mass is 10.1. The summed E-state index contributed by atoms with van der Waals surface area (Å²) in [5, 5.41) is 14.9. The zero-order chi connectivity index (χ0) is 17.9. The Bertz CT molecular complexity index is 653. The average molecular weight is 344 g/mol. The van der Waals surface area contributed by atoms with Crippen molar-refractivity contribution in [3.63, 3.8) is 0 Å². The lowest BCUT2D eigenvalue weighted by Crippen LogP contribution is -2.39. The third kappa shape index (κ3) is 6.54. The highest BCUT2D eigenvalue weighted by atomic mass is 16.5. The molecule has 7 heteroatoms. The second kappa shape index (κ2) is 10.5. The maximum atomic E-state index is 5.09. The van der Waals surface area contributed by atoms with E-state index in [-0.39, 0.29) is 0 Å². The number of aromatic nitrogens is 3. The Morgan fingerprint density at radius 3 is 2.60 bits per heavy atom.